The molecule has 0 fully saturated rings. The Morgan fingerprint density at radius 3 is 2.62 bits per heavy atom. The number of methoxy groups -OCH3 is 1. The summed E-state index contributed by atoms with van der Waals surface area (Å²) in [6, 6.07) is 11.6. The second kappa shape index (κ2) is 6.74. The molecule has 124 valence electrons. The second-order valence-corrected chi connectivity index (χ2v) is 5.81. The molecule has 3 rings (SSSR count). The lowest BCUT2D eigenvalue weighted by Gasteiger charge is -2.17. The van der Waals surface area contributed by atoms with Gasteiger partial charge in [-0.15, -0.1) is 0 Å². The Hall–Kier alpha value is -2.82. The number of nitrogens with zero attached hydrogens (tertiary/aromatic N) is 2. The van der Waals surface area contributed by atoms with Crippen LogP contribution < -0.4 is 10.1 Å². The fourth-order valence-electron chi connectivity index (χ4n) is 2.70. The fourth-order valence-corrected chi connectivity index (χ4v) is 2.70. The number of nitrogens with one attached hydrogen (secondary N) is 1. The van der Waals surface area contributed by atoms with Crippen molar-refractivity contribution in [3.8, 4) is 5.75 Å². The lowest BCUT2D eigenvalue weighted by molar-refractivity contribution is 0.0931. The van der Waals surface area contributed by atoms with Crippen molar-refractivity contribution in [3.05, 3.63) is 65.6 Å². The van der Waals surface area contributed by atoms with Crippen molar-refractivity contribution >= 4 is 11.6 Å². The topological polar surface area (TPSA) is 55.6 Å². The van der Waals surface area contributed by atoms with Crippen molar-refractivity contribution in [1.82, 2.24) is 14.7 Å². The molecule has 0 radical (unpaired) electrons. The summed E-state index contributed by atoms with van der Waals surface area (Å²) in [5, 5.41) is 3.06. The molecule has 0 spiro atoms. The summed E-state index contributed by atoms with van der Waals surface area (Å²) in [6.45, 7) is 4.05. The summed E-state index contributed by atoms with van der Waals surface area (Å²) in [6.07, 6.45) is 4.52. The molecule has 1 aromatic carbocycles. The largest absolute Gasteiger partial charge is 0.497 e. The molecule has 0 saturated carbocycles. The zero-order valence-electron chi connectivity index (χ0n) is 14.1. The average molecular weight is 323 g/mol. The summed E-state index contributed by atoms with van der Waals surface area (Å²) in [7, 11) is 1.64. The van der Waals surface area contributed by atoms with Gasteiger partial charge >= 0.3 is 0 Å². The first-order valence-corrected chi connectivity index (χ1v) is 8.01. The van der Waals surface area contributed by atoms with Crippen molar-refractivity contribution in [2.45, 2.75) is 26.3 Å². The zero-order valence-corrected chi connectivity index (χ0v) is 14.1. The standard InChI is InChI=1S/C19H21N3O2/c1-4-16(14-6-8-15(24-3)9-7-14)21-19(23)17-12-22-11-13(2)5-10-18(22)20-17/h5-12,16H,4H2,1-3H3,(H,21,23)/t16-/m1/s1. The first-order valence-electron chi connectivity index (χ1n) is 8.01. The molecule has 0 saturated heterocycles. The van der Waals surface area contributed by atoms with Gasteiger partial charge in [-0.3, -0.25) is 4.79 Å². The van der Waals surface area contributed by atoms with Crippen LogP contribution in [0.15, 0.2) is 48.8 Å². The Kier molecular flexibility index (Phi) is 4.51. The van der Waals surface area contributed by atoms with Crippen LogP contribution in [0, 0.1) is 6.92 Å². The number of fused-ring (bicyclic) bond motifs is 1. The summed E-state index contributed by atoms with van der Waals surface area (Å²) >= 11 is 0. The first-order chi connectivity index (χ1) is 11.6. The number of amides is 1. The van der Waals surface area contributed by atoms with Crippen LogP contribution in [0.4, 0.5) is 0 Å². The number of hydrogen-bond donors (Lipinski definition) is 1. The molecule has 0 aliphatic rings. The molecule has 2 heterocycles. The zero-order chi connectivity index (χ0) is 17.1. The van der Waals surface area contributed by atoms with Crippen molar-refractivity contribution in [2.24, 2.45) is 0 Å². The van der Waals surface area contributed by atoms with E-state index in [1.54, 1.807) is 13.3 Å². The van der Waals surface area contributed by atoms with Gasteiger partial charge in [-0.2, -0.15) is 0 Å². The van der Waals surface area contributed by atoms with Gasteiger partial charge in [0, 0.05) is 12.4 Å². The van der Waals surface area contributed by atoms with Crippen molar-refractivity contribution in [2.75, 3.05) is 7.11 Å². The van der Waals surface area contributed by atoms with Gasteiger partial charge in [0.2, 0.25) is 0 Å². The van der Waals surface area contributed by atoms with E-state index < -0.39 is 0 Å². The lowest BCUT2D eigenvalue weighted by atomic mass is 10.0. The third kappa shape index (κ3) is 3.25. The van der Waals surface area contributed by atoms with Gasteiger partial charge in [-0.05, 0) is 42.7 Å². The number of aryl methyl sites for hydroxylation is 1. The molecule has 1 N–H and O–H groups in total. The second-order valence-electron chi connectivity index (χ2n) is 5.81. The highest BCUT2D eigenvalue weighted by Crippen LogP contribution is 2.20. The highest BCUT2D eigenvalue weighted by atomic mass is 16.5. The van der Waals surface area contributed by atoms with Crippen LogP contribution in [0.25, 0.3) is 5.65 Å². The van der Waals surface area contributed by atoms with E-state index in [4.69, 9.17) is 4.74 Å². The highest BCUT2D eigenvalue weighted by molar-refractivity contribution is 5.93. The average Bonchev–Trinajstić information content (AvgIpc) is 3.03. The van der Waals surface area contributed by atoms with E-state index in [1.165, 1.54) is 0 Å². The number of carbonyl (C=O) groups is 1. The maximum absolute atomic E-state index is 12.6. The smallest absolute Gasteiger partial charge is 0.271 e. The number of aromatic nitrogens is 2. The molecule has 0 bridgehead atoms. The van der Waals surface area contributed by atoms with E-state index in [0.717, 1.165) is 28.9 Å². The minimum atomic E-state index is -0.168. The van der Waals surface area contributed by atoms with Gasteiger partial charge in [-0.25, -0.2) is 4.98 Å². The van der Waals surface area contributed by atoms with Gasteiger partial charge in [0.1, 0.15) is 17.1 Å². The van der Waals surface area contributed by atoms with E-state index in [9.17, 15) is 4.79 Å². The highest BCUT2D eigenvalue weighted by Gasteiger charge is 2.16. The van der Waals surface area contributed by atoms with Crippen LogP contribution >= 0.6 is 0 Å². The van der Waals surface area contributed by atoms with Gasteiger partial charge in [-0.1, -0.05) is 25.1 Å². The molecule has 3 aromatic rings. The predicted octanol–water partition coefficient (Wildman–Crippen LogP) is 3.53. The third-order valence-corrected chi connectivity index (χ3v) is 4.06. The van der Waals surface area contributed by atoms with Crippen molar-refractivity contribution in [3.63, 3.8) is 0 Å². The maximum atomic E-state index is 12.6. The number of benzene rings is 1. The normalized spacial score (nSPS) is 12.1. The molecule has 1 atom stereocenters. The summed E-state index contributed by atoms with van der Waals surface area (Å²) in [4.78, 5) is 16.9. The lowest BCUT2D eigenvalue weighted by Crippen LogP contribution is -2.28. The van der Waals surface area contributed by atoms with Crippen molar-refractivity contribution < 1.29 is 9.53 Å². The predicted molar refractivity (Wildman–Crippen MR) is 93.4 cm³/mol. The van der Waals surface area contributed by atoms with Gasteiger partial charge in [0.25, 0.3) is 5.91 Å². The van der Waals surface area contributed by atoms with Crippen LogP contribution in [0.5, 0.6) is 5.75 Å². The molecule has 0 aliphatic heterocycles. The van der Waals surface area contributed by atoms with Crippen LogP contribution in [-0.4, -0.2) is 22.4 Å². The van der Waals surface area contributed by atoms with Crippen LogP contribution in [0.3, 0.4) is 0 Å². The first kappa shape index (κ1) is 16.1. The van der Waals surface area contributed by atoms with E-state index in [0.29, 0.717) is 5.69 Å². The summed E-state index contributed by atoms with van der Waals surface area (Å²) in [5.74, 6) is 0.634. The Morgan fingerprint density at radius 1 is 1.21 bits per heavy atom. The fraction of sp³-hybridized carbons (Fsp3) is 0.263. The number of carbonyl (C=O) groups excluding carboxylic acids is 1. The molecule has 0 aliphatic carbocycles. The monoisotopic (exact) mass is 323 g/mol. The minimum Gasteiger partial charge on any atom is -0.497 e. The molecule has 5 nitrogen and oxygen atoms in total. The molecular formula is C19H21N3O2. The Bertz CT molecular complexity index is 853. The number of hydrogen-bond acceptors (Lipinski definition) is 3. The molecule has 0 unspecified atom stereocenters. The molecule has 1 amide bonds. The van der Waals surface area contributed by atoms with E-state index in [2.05, 4.69) is 10.3 Å². The molecule has 2 aromatic heterocycles. The number of pyridine rings is 1. The van der Waals surface area contributed by atoms with Crippen molar-refractivity contribution in [1.29, 1.82) is 0 Å². The van der Waals surface area contributed by atoms with Crippen LogP contribution in [0.2, 0.25) is 0 Å². The minimum absolute atomic E-state index is 0.0602. The van der Waals surface area contributed by atoms with Gasteiger partial charge in [0.05, 0.1) is 13.2 Å². The van der Waals surface area contributed by atoms with E-state index in [1.807, 2.05) is 60.8 Å². The van der Waals surface area contributed by atoms with E-state index >= 15 is 0 Å². The Balaban J connectivity index is 1.79. The summed E-state index contributed by atoms with van der Waals surface area (Å²) in [5.41, 5.74) is 3.36. The summed E-state index contributed by atoms with van der Waals surface area (Å²) < 4.78 is 7.05. The number of rotatable bonds is 5. The SMILES string of the molecule is CC[C@@H](NC(=O)c1cn2cc(C)ccc2n1)c1ccc(OC)cc1. The van der Waals surface area contributed by atoms with Gasteiger partial charge < -0.3 is 14.5 Å². The molecule has 5 heteroatoms. The Labute approximate surface area is 141 Å². The molecular weight excluding hydrogens is 302 g/mol. The maximum Gasteiger partial charge on any atom is 0.271 e. The quantitative estimate of drug-likeness (QED) is 0.781. The van der Waals surface area contributed by atoms with Crippen LogP contribution in [0.1, 0.15) is 41.0 Å². The Morgan fingerprint density at radius 2 is 1.96 bits per heavy atom. The third-order valence-electron chi connectivity index (χ3n) is 4.06. The number of ether oxygens (including phenoxy) is 1. The number of imidazole rings is 1. The van der Waals surface area contributed by atoms with E-state index in [-0.39, 0.29) is 11.9 Å². The van der Waals surface area contributed by atoms with Gasteiger partial charge in [0.15, 0.2) is 0 Å². The van der Waals surface area contributed by atoms with Crippen LogP contribution in [-0.2, 0) is 0 Å². The molecule has 24 heavy (non-hydrogen) atoms.